The van der Waals surface area contributed by atoms with Crippen molar-refractivity contribution in [3.63, 3.8) is 0 Å². The van der Waals surface area contributed by atoms with Crippen LogP contribution in [0.2, 0.25) is 0 Å². The molecule has 6 nitrogen and oxygen atoms in total. The Hall–Kier alpha value is -1.95. The van der Waals surface area contributed by atoms with Crippen LogP contribution in [-0.4, -0.2) is 55.5 Å². The van der Waals surface area contributed by atoms with Gasteiger partial charge in [-0.1, -0.05) is 12.1 Å². The number of carbonyl (C=O) groups is 1. The first-order chi connectivity index (χ1) is 10.8. The molecule has 2 amide bonds. The van der Waals surface area contributed by atoms with Gasteiger partial charge in [-0.2, -0.15) is 0 Å². The number of ether oxygens (including phenoxy) is 3. The summed E-state index contributed by atoms with van der Waals surface area (Å²) >= 11 is 0. The van der Waals surface area contributed by atoms with Gasteiger partial charge in [0.15, 0.2) is 17.6 Å². The molecule has 4 rings (SSSR count). The molecular weight excluding hydrogens is 284 g/mol. The molecule has 1 aromatic carbocycles. The average Bonchev–Trinajstić information content (AvgIpc) is 2.81. The summed E-state index contributed by atoms with van der Waals surface area (Å²) in [6.07, 6.45) is 1.92. The summed E-state index contributed by atoms with van der Waals surface area (Å²) in [5.74, 6) is 1.50. The summed E-state index contributed by atoms with van der Waals surface area (Å²) in [5, 5.41) is 2.98. The van der Waals surface area contributed by atoms with Gasteiger partial charge in [0.05, 0.1) is 31.8 Å². The summed E-state index contributed by atoms with van der Waals surface area (Å²) < 4.78 is 17.0. The number of carbonyl (C=O) groups excluding carboxylic acids is 1. The summed E-state index contributed by atoms with van der Waals surface area (Å²) in [6, 6.07) is 8.03. The lowest BCUT2D eigenvalue weighted by atomic mass is 10.2. The normalized spacial score (nSPS) is 29.3. The topological polar surface area (TPSA) is 60.0 Å². The maximum absolute atomic E-state index is 12.4. The van der Waals surface area contributed by atoms with Gasteiger partial charge in [-0.05, 0) is 25.0 Å². The van der Waals surface area contributed by atoms with Crippen molar-refractivity contribution in [3.05, 3.63) is 24.3 Å². The van der Waals surface area contributed by atoms with Crippen LogP contribution < -0.4 is 14.8 Å². The number of fused-ring (bicyclic) bond motifs is 3. The highest BCUT2D eigenvalue weighted by atomic mass is 16.6. The summed E-state index contributed by atoms with van der Waals surface area (Å²) in [7, 11) is 0. The van der Waals surface area contributed by atoms with E-state index in [1.165, 1.54) is 0 Å². The minimum absolute atomic E-state index is 0.0155. The first kappa shape index (κ1) is 13.7. The molecule has 1 aromatic rings. The van der Waals surface area contributed by atoms with E-state index in [4.69, 9.17) is 14.2 Å². The molecule has 2 fully saturated rings. The lowest BCUT2D eigenvalue weighted by Crippen LogP contribution is -2.54. The lowest BCUT2D eigenvalue weighted by Gasteiger charge is -2.35. The van der Waals surface area contributed by atoms with Crippen LogP contribution in [0.3, 0.4) is 0 Å². The molecule has 3 aliphatic heterocycles. The summed E-state index contributed by atoms with van der Waals surface area (Å²) in [4.78, 5) is 14.4. The molecule has 3 aliphatic rings. The van der Waals surface area contributed by atoms with E-state index in [0.717, 1.165) is 24.3 Å². The highest BCUT2D eigenvalue weighted by Gasteiger charge is 2.40. The van der Waals surface area contributed by atoms with Gasteiger partial charge in [0.1, 0.15) is 6.61 Å². The van der Waals surface area contributed by atoms with Crippen LogP contribution in [-0.2, 0) is 4.74 Å². The predicted octanol–water partition coefficient (Wildman–Crippen LogP) is 1.40. The van der Waals surface area contributed by atoms with Crippen LogP contribution >= 0.6 is 0 Å². The lowest BCUT2D eigenvalue weighted by molar-refractivity contribution is 0.00532. The second-order valence-corrected chi connectivity index (χ2v) is 6.01. The monoisotopic (exact) mass is 304 g/mol. The fourth-order valence-corrected chi connectivity index (χ4v) is 3.42. The highest BCUT2D eigenvalue weighted by Crippen LogP contribution is 2.31. The number of urea groups is 1. The van der Waals surface area contributed by atoms with Gasteiger partial charge in [-0.3, -0.25) is 0 Å². The van der Waals surface area contributed by atoms with E-state index in [0.29, 0.717) is 26.4 Å². The van der Waals surface area contributed by atoms with E-state index < -0.39 is 0 Å². The molecule has 0 radical (unpaired) electrons. The van der Waals surface area contributed by atoms with Crippen molar-refractivity contribution in [1.82, 2.24) is 10.2 Å². The SMILES string of the molecule is O=C(NCC1COc2ccccc2O1)N1C2CCC1COC2. The second-order valence-electron chi connectivity index (χ2n) is 6.01. The number of nitrogens with zero attached hydrogens (tertiary/aromatic N) is 1. The van der Waals surface area contributed by atoms with Crippen molar-refractivity contribution in [2.24, 2.45) is 0 Å². The first-order valence-electron chi connectivity index (χ1n) is 7.83. The molecule has 6 heteroatoms. The fraction of sp³-hybridized carbons (Fsp3) is 0.562. The number of benzene rings is 1. The van der Waals surface area contributed by atoms with Gasteiger partial charge >= 0.3 is 6.03 Å². The van der Waals surface area contributed by atoms with E-state index in [-0.39, 0.29) is 24.2 Å². The quantitative estimate of drug-likeness (QED) is 0.897. The zero-order valence-electron chi connectivity index (χ0n) is 12.4. The molecule has 2 bridgehead atoms. The van der Waals surface area contributed by atoms with Gasteiger partial charge in [0.2, 0.25) is 0 Å². The van der Waals surface area contributed by atoms with Crippen LogP contribution in [0.4, 0.5) is 4.79 Å². The number of hydrogen-bond donors (Lipinski definition) is 1. The molecule has 2 saturated heterocycles. The van der Waals surface area contributed by atoms with Crippen LogP contribution in [0.25, 0.3) is 0 Å². The van der Waals surface area contributed by atoms with E-state index in [2.05, 4.69) is 5.32 Å². The zero-order chi connectivity index (χ0) is 14.9. The van der Waals surface area contributed by atoms with Crippen LogP contribution in [0.15, 0.2) is 24.3 Å². The van der Waals surface area contributed by atoms with Crippen molar-refractivity contribution >= 4 is 6.03 Å². The number of nitrogens with one attached hydrogen (secondary N) is 1. The average molecular weight is 304 g/mol. The Kier molecular flexibility index (Phi) is 3.54. The number of amides is 2. The van der Waals surface area contributed by atoms with Crippen molar-refractivity contribution in [2.75, 3.05) is 26.4 Å². The molecule has 3 unspecified atom stereocenters. The van der Waals surface area contributed by atoms with Crippen molar-refractivity contribution < 1.29 is 19.0 Å². The Balaban J connectivity index is 1.33. The molecule has 0 aromatic heterocycles. The Morgan fingerprint density at radius 3 is 2.64 bits per heavy atom. The third-order valence-corrected chi connectivity index (χ3v) is 4.52. The maximum Gasteiger partial charge on any atom is 0.318 e. The van der Waals surface area contributed by atoms with E-state index in [1.54, 1.807) is 0 Å². The van der Waals surface area contributed by atoms with Gasteiger partial charge < -0.3 is 24.4 Å². The molecule has 3 atom stereocenters. The van der Waals surface area contributed by atoms with E-state index in [1.807, 2.05) is 29.2 Å². The van der Waals surface area contributed by atoms with Crippen molar-refractivity contribution in [2.45, 2.75) is 31.0 Å². The standard InChI is InChI=1S/C16H20N2O4/c19-16(18-11-5-6-12(18)9-20-8-11)17-7-13-10-21-14-3-1-2-4-15(14)22-13/h1-4,11-13H,5-10H2,(H,17,19). The minimum atomic E-state index is -0.155. The molecule has 118 valence electrons. The Morgan fingerprint density at radius 1 is 1.14 bits per heavy atom. The van der Waals surface area contributed by atoms with Gasteiger partial charge in [-0.25, -0.2) is 4.79 Å². The molecule has 3 heterocycles. The predicted molar refractivity (Wildman–Crippen MR) is 79.2 cm³/mol. The van der Waals surface area contributed by atoms with Gasteiger partial charge in [0.25, 0.3) is 0 Å². The summed E-state index contributed by atoms with van der Waals surface area (Å²) in [6.45, 7) is 2.21. The van der Waals surface area contributed by atoms with E-state index >= 15 is 0 Å². The fourth-order valence-electron chi connectivity index (χ4n) is 3.42. The largest absolute Gasteiger partial charge is 0.486 e. The van der Waals surface area contributed by atoms with Crippen molar-refractivity contribution in [1.29, 1.82) is 0 Å². The summed E-state index contributed by atoms with van der Waals surface area (Å²) in [5.41, 5.74) is 0. The van der Waals surface area contributed by atoms with Gasteiger partial charge in [0, 0.05) is 0 Å². The Morgan fingerprint density at radius 2 is 1.86 bits per heavy atom. The van der Waals surface area contributed by atoms with Gasteiger partial charge in [-0.15, -0.1) is 0 Å². The first-order valence-corrected chi connectivity index (χ1v) is 7.83. The molecular formula is C16H20N2O4. The molecule has 1 N–H and O–H groups in total. The Bertz CT molecular complexity index is 549. The number of para-hydroxylation sites is 2. The van der Waals surface area contributed by atoms with E-state index in [9.17, 15) is 4.79 Å². The highest BCUT2D eigenvalue weighted by molar-refractivity contribution is 5.75. The molecule has 0 saturated carbocycles. The Labute approximate surface area is 129 Å². The minimum Gasteiger partial charge on any atom is -0.486 e. The molecule has 0 spiro atoms. The third-order valence-electron chi connectivity index (χ3n) is 4.52. The molecule has 0 aliphatic carbocycles. The third kappa shape index (κ3) is 2.47. The number of hydrogen-bond acceptors (Lipinski definition) is 4. The van der Waals surface area contributed by atoms with Crippen LogP contribution in [0.5, 0.6) is 11.5 Å². The van der Waals surface area contributed by atoms with Crippen molar-refractivity contribution in [3.8, 4) is 11.5 Å². The zero-order valence-corrected chi connectivity index (χ0v) is 12.4. The van der Waals surface area contributed by atoms with Crippen LogP contribution in [0.1, 0.15) is 12.8 Å². The number of rotatable bonds is 2. The second kappa shape index (κ2) is 5.68. The maximum atomic E-state index is 12.4. The number of morpholine rings is 1. The van der Waals surface area contributed by atoms with Crippen LogP contribution in [0, 0.1) is 0 Å². The molecule has 22 heavy (non-hydrogen) atoms. The smallest absolute Gasteiger partial charge is 0.318 e.